The molecule has 1 aliphatic rings. The van der Waals surface area contributed by atoms with Crippen LogP contribution in [0, 0.1) is 0 Å². The van der Waals surface area contributed by atoms with Crippen LogP contribution < -0.4 is 9.47 Å². The van der Waals surface area contributed by atoms with E-state index in [0.29, 0.717) is 37.4 Å². The maximum atomic E-state index is 12.0. The number of rotatable bonds is 5. The highest BCUT2D eigenvalue weighted by molar-refractivity contribution is 7.90. The Labute approximate surface area is 117 Å². The van der Waals surface area contributed by atoms with Crippen LogP contribution >= 0.6 is 0 Å². The Morgan fingerprint density at radius 3 is 2.65 bits per heavy atom. The summed E-state index contributed by atoms with van der Waals surface area (Å²) in [5.74, 6) is -0.242. The van der Waals surface area contributed by atoms with Gasteiger partial charge in [0.05, 0.1) is 0 Å². The van der Waals surface area contributed by atoms with Crippen molar-refractivity contribution in [2.75, 3.05) is 19.5 Å². The molecule has 0 unspecified atom stereocenters. The second kappa shape index (κ2) is 5.70. The monoisotopic (exact) mass is 300 g/mol. The first kappa shape index (κ1) is 14.6. The molecule has 1 aliphatic heterocycles. The van der Waals surface area contributed by atoms with Crippen molar-refractivity contribution >= 4 is 15.8 Å². The average molecular weight is 300 g/mol. The van der Waals surface area contributed by atoms with Crippen LogP contribution in [0.5, 0.6) is 11.5 Å². The Morgan fingerprint density at radius 1 is 1.30 bits per heavy atom. The normalized spacial score (nSPS) is 14.1. The number of hydrogen-bond acceptors (Lipinski definition) is 5. The molecular formula is C13H16O6S. The van der Waals surface area contributed by atoms with Gasteiger partial charge in [0.15, 0.2) is 21.3 Å². The van der Waals surface area contributed by atoms with Gasteiger partial charge in [-0.3, -0.25) is 4.79 Å². The molecule has 0 aromatic heterocycles. The lowest BCUT2D eigenvalue weighted by atomic mass is 10.1. The first-order chi connectivity index (χ1) is 9.39. The number of sulfone groups is 1. The molecule has 2 rings (SSSR count). The maximum absolute atomic E-state index is 12.0. The molecule has 0 saturated heterocycles. The number of hydrogen-bond donors (Lipinski definition) is 1. The van der Waals surface area contributed by atoms with E-state index in [1.165, 1.54) is 0 Å². The lowest BCUT2D eigenvalue weighted by Gasteiger charge is -2.22. The smallest absolute Gasteiger partial charge is 0.303 e. The molecule has 0 radical (unpaired) electrons. The molecule has 0 amide bonds. The number of aryl methyl sites for hydroxylation is 1. The topological polar surface area (TPSA) is 89.9 Å². The predicted octanol–water partition coefficient (Wildman–Crippen LogP) is 1.27. The van der Waals surface area contributed by atoms with Crippen molar-refractivity contribution < 1.29 is 27.8 Å². The zero-order valence-corrected chi connectivity index (χ0v) is 11.9. The van der Waals surface area contributed by atoms with Crippen molar-refractivity contribution in [2.24, 2.45) is 0 Å². The van der Waals surface area contributed by atoms with Crippen LogP contribution in [-0.4, -0.2) is 39.0 Å². The summed E-state index contributed by atoms with van der Waals surface area (Å²) >= 11 is 0. The summed E-state index contributed by atoms with van der Waals surface area (Å²) in [6, 6.07) is 3.32. The minimum atomic E-state index is -3.48. The quantitative estimate of drug-likeness (QED) is 0.880. The Bertz CT molecular complexity index is 620. The fourth-order valence-corrected chi connectivity index (χ4v) is 3.31. The standard InChI is InChI=1S/C13H16O6S/c1-20(16,17)13-9(3-2-4-11(14)15)5-6-10-12(13)19-8-7-18-10/h5-6H,2-4,7-8H2,1H3,(H,14,15). The van der Waals surface area contributed by atoms with Gasteiger partial charge < -0.3 is 14.6 Å². The van der Waals surface area contributed by atoms with E-state index in [4.69, 9.17) is 14.6 Å². The van der Waals surface area contributed by atoms with Crippen LogP contribution in [-0.2, 0) is 21.1 Å². The third-order valence-corrected chi connectivity index (χ3v) is 4.14. The molecule has 0 aliphatic carbocycles. The zero-order chi connectivity index (χ0) is 14.8. The first-order valence-electron chi connectivity index (χ1n) is 6.23. The molecule has 1 heterocycles. The molecule has 0 spiro atoms. The number of benzene rings is 1. The van der Waals surface area contributed by atoms with Gasteiger partial charge in [0.2, 0.25) is 0 Å². The van der Waals surface area contributed by atoms with Gasteiger partial charge in [-0.25, -0.2) is 8.42 Å². The van der Waals surface area contributed by atoms with Gasteiger partial charge in [0, 0.05) is 12.7 Å². The molecule has 6 nitrogen and oxygen atoms in total. The average Bonchev–Trinajstić information content (AvgIpc) is 2.36. The molecule has 1 aromatic carbocycles. The van der Waals surface area contributed by atoms with Gasteiger partial charge in [-0.15, -0.1) is 0 Å². The van der Waals surface area contributed by atoms with E-state index < -0.39 is 15.8 Å². The lowest BCUT2D eigenvalue weighted by Crippen LogP contribution is -2.18. The molecule has 0 atom stereocenters. The fraction of sp³-hybridized carbons (Fsp3) is 0.462. The van der Waals surface area contributed by atoms with Crippen LogP contribution in [0.15, 0.2) is 17.0 Å². The molecule has 7 heteroatoms. The Kier molecular flexibility index (Phi) is 4.17. The summed E-state index contributed by atoms with van der Waals surface area (Å²) in [4.78, 5) is 10.7. The molecule has 1 aromatic rings. The fourth-order valence-electron chi connectivity index (χ4n) is 2.16. The summed E-state index contributed by atoms with van der Waals surface area (Å²) in [6.07, 6.45) is 1.85. The van der Waals surface area contributed by atoms with Crippen LogP contribution in [0.25, 0.3) is 0 Å². The third kappa shape index (κ3) is 3.22. The SMILES string of the molecule is CS(=O)(=O)c1c(CCCC(=O)O)ccc2c1OCCO2. The molecule has 110 valence electrons. The van der Waals surface area contributed by atoms with Crippen LogP contribution in [0.2, 0.25) is 0 Å². The van der Waals surface area contributed by atoms with Crippen LogP contribution in [0.3, 0.4) is 0 Å². The highest BCUT2D eigenvalue weighted by Crippen LogP contribution is 2.39. The summed E-state index contributed by atoms with van der Waals surface area (Å²) in [5.41, 5.74) is 0.568. The van der Waals surface area contributed by atoms with E-state index >= 15 is 0 Å². The summed E-state index contributed by atoms with van der Waals surface area (Å²) in [6.45, 7) is 0.683. The summed E-state index contributed by atoms with van der Waals surface area (Å²) < 4.78 is 34.7. The van der Waals surface area contributed by atoms with E-state index in [9.17, 15) is 13.2 Å². The van der Waals surface area contributed by atoms with Crippen LogP contribution in [0.1, 0.15) is 18.4 Å². The van der Waals surface area contributed by atoms with Gasteiger partial charge in [-0.2, -0.15) is 0 Å². The van der Waals surface area contributed by atoms with Crippen molar-refractivity contribution in [3.63, 3.8) is 0 Å². The summed E-state index contributed by atoms with van der Waals surface area (Å²) in [7, 11) is -3.48. The van der Waals surface area contributed by atoms with Gasteiger partial charge >= 0.3 is 5.97 Å². The number of aliphatic carboxylic acids is 1. The predicted molar refractivity (Wildman–Crippen MR) is 71.1 cm³/mol. The molecule has 1 N–H and O–H groups in total. The number of carbonyl (C=O) groups is 1. The van der Waals surface area contributed by atoms with Crippen molar-refractivity contribution in [1.29, 1.82) is 0 Å². The van der Waals surface area contributed by atoms with Crippen molar-refractivity contribution in [2.45, 2.75) is 24.2 Å². The van der Waals surface area contributed by atoms with Gasteiger partial charge in [0.25, 0.3) is 0 Å². The molecule has 0 bridgehead atoms. The molecule has 20 heavy (non-hydrogen) atoms. The van der Waals surface area contributed by atoms with Gasteiger partial charge in [-0.05, 0) is 24.5 Å². The Hall–Kier alpha value is -1.76. The zero-order valence-electron chi connectivity index (χ0n) is 11.1. The van der Waals surface area contributed by atoms with E-state index in [1.54, 1.807) is 12.1 Å². The third-order valence-electron chi connectivity index (χ3n) is 2.95. The number of fused-ring (bicyclic) bond motifs is 1. The van der Waals surface area contributed by atoms with Crippen molar-refractivity contribution in [1.82, 2.24) is 0 Å². The van der Waals surface area contributed by atoms with E-state index in [2.05, 4.69) is 0 Å². The molecule has 0 fully saturated rings. The molecular weight excluding hydrogens is 284 g/mol. The van der Waals surface area contributed by atoms with E-state index in [1.807, 2.05) is 0 Å². The van der Waals surface area contributed by atoms with Crippen molar-refractivity contribution in [3.05, 3.63) is 17.7 Å². The minimum absolute atomic E-state index is 0.00234. The van der Waals surface area contributed by atoms with Gasteiger partial charge in [-0.1, -0.05) is 6.07 Å². The van der Waals surface area contributed by atoms with Crippen LogP contribution in [0.4, 0.5) is 0 Å². The van der Waals surface area contributed by atoms with E-state index in [-0.39, 0.29) is 17.1 Å². The van der Waals surface area contributed by atoms with Crippen molar-refractivity contribution in [3.8, 4) is 11.5 Å². The minimum Gasteiger partial charge on any atom is -0.486 e. The number of ether oxygens (including phenoxy) is 2. The van der Waals surface area contributed by atoms with E-state index in [0.717, 1.165) is 6.26 Å². The first-order valence-corrected chi connectivity index (χ1v) is 8.12. The highest BCUT2D eigenvalue weighted by Gasteiger charge is 2.25. The second-order valence-corrected chi connectivity index (χ2v) is 6.55. The Morgan fingerprint density at radius 2 is 2.00 bits per heavy atom. The Balaban J connectivity index is 2.38. The lowest BCUT2D eigenvalue weighted by molar-refractivity contribution is -0.137. The molecule has 0 saturated carbocycles. The maximum Gasteiger partial charge on any atom is 0.303 e. The largest absolute Gasteiger partial charge is 0.486 e. The highest BCUT2D eigenvalue weighted by atomic mass is 32.2. The number of carboxylic acids is 1. The summed E-state index contributed by atoms with van der Waals surface area (Å²) in [5, 5.41) is 8.65. The van der Waals surface area contributed by atoms with Gasteiger partial charge in [0.1, 0.15) is 18.1 Å². The second-order valence-electron chi connectivity index (χ2n) is 4.60. The number of carboxylic acid groups (broad SMARTS) is 1.